The van der Waals surface area contributed by atoms with Crippen LogP contribution in [0.5, 0.6) is 11.5 Å². The van der Waals surface area contributed by atoms with Crippen LogP contribution in [0.15, 0.2) is 30.6 Å². The van der Waals surface area contributed by atoms with E-state index >= 15 is 0 Å². The summed E-state index contributed by atoms with van der Waals surface area (Å²) in [7, 11) is 3.19. The van der Waals surface area contributed by atoms with Gasteiger partial charge in [0.15, 0.2) is 0 Å². The van der Waals surface area contributed by atoms with Crippen LogP contribution in [-0.2, 0) is 0 Å². The molecule has 0 aliphatic rings. The lowest BCUT2D eigenvalue weighted by Gasteiger charge is -2.09. The van der Waals surface area contributed by atoms with E-state index < -0.39 is 0 Å². The van der Waals surface area contributed by atoms with Crippen molar-refractivity contribution in [1.82, 2.24) is 9.97 Å². The van der Waals surface area contributed by atoms with E-state index in [2.05, 4.69) is 15.3 Å². The van der Waals surface area contributed by atoms with Crippen LogP contribution >= 0.6 is 0 Å². The number of benzene rings is 1. The van der Waals surface area contributed by atoms with Gasteiger partial charge in [-0.15, -0.1) is 0 Å². The number of hydrogen-bond acceptors (Lipinski definition) is 6. The number of aromatic nitrogens is 2. The molecule has 0 aliphatic carbocycles. The van der Waals surface area contributed by atoms with Crippen LogP contribution in [0.25, 0.3) is 0 Å². The molecule has 94 valence electrons. The van der Waals surface area contributed by atoms with E-state index in [9.17, 15) is 0 Å². The van der Waals surface area contributed by atoms with Gasteiger partial charge in [-0.2, -0.15) is 0 Å². The zero-order valence-corrected chi connectivity index (χ0v) is 10.2. The molecule has 6 heteroatoms. The highest BCUT2D eigenvalue weighted by Gasteiger charge is 2.03. The van der Waals surface area contributed by atoms with Gasteiger partial charge in [0.2, 0.25) is 5.95 Å². The fourth-order valence-corrected chi connectivity index (χ4v) is 1.41. The summed E-state index contributed by atoms with van der Waals surface area (Å²) in [6, 6.07) is 5.43. The Morgan fingerprint density at radius 3 is 2.06 bits per heavy atom. The fourth-order valence-electron chi connectivity index (χ4n) is 1.41. The van der Waals surface area contributed by atoms with E-state index in [0.29, 0.717) is 23.1 Å². The van der Waals surface area contributed by atoms with E-state index in [1.54, 1.807) is 20.3 Å². The van der Waals surface area contributed by atoms with E-state index in [4.69, 9.17) is 15.2 Å². The Hall–Kier alpha value is -2.50. The molecule has 0 saturated carbocycles. The summed E-state index contributed by atoms with van der Waals surface area (Å²) in [5.74, 6) is 1.83. The number of nitrogens with zero attached hydrogens (tertiary/aromatic N) is 2. The minimum atomic E-state index is 0.458. The van der Waals surface area contributed by atoms with Crippen molar-refractivity contribution < 1.29 is 9.47 Å². The molecule has 6 nitrogen and oxygen atoms in total. The number of nitrogens with two attached hydrogens (primary N) is 1. The standard InChI is InChI=1S/C12H14N4O2/c1-17-10-3-9(4-11(5-10)18-2)16-12-14-6-8(13)7-15-12/h3-7H,13H2,1-2H3,(H,14,15,16). The lowest BCUT2D eigenvalue weighted by molar-refractivity contribution is 0.395. The molecule has 2 aromatic rings. The molecular weight excluding hydrogens is 232 g/mol. The molecule has 0 radical (unpaired) electrons. The Morgan fingerprint density at radius 1 is 1.00 bits per heavy atom. The second-order valence-electron chi connectivity index (χ2n) is 3.57. The summed E-state index contributed by atoms with van der Waals surface area (Å²) >= 11 is 0. The van der Waals surface area contributed by atoms with Crippen LogP contribution in [0.2, 0.25) is 0 Å². The van der Waals surface area contributed by atoms with Gasteiger partial charge in [-0.25, -0.2) is 9.97 Å². The minimum Gasteiger partial charge on any atom is -0.497 e. The van der Waals surface area contributed by atoms with Gasteiger partial charge < -0.3 is 20.5 Å². The Labute approximate surface area is 105 Å². The average Bonchev–Trinajstić information content (AvgIpc) is 2.41. The van der Waals surface area contributed by atoms with Crippen LogP contribution in [0.4, 0.5) is 17.3 Å². The van der Waals surface area contributed by atoms with E-state index in [1.165, 1.54) is 12.4 Å². The predicted octanol–water partition coefficient (Wildman–Crippen LogP) is 1.82. The maximum absolute atomic E-state index is 5.52. The SMILES string of the molecule is COc1cc(Nc2ncc(N)cn2)cc(OC)c1. The smallest absolute Gasteiger partial charge is 0.227 e. The maximum atomic E-state index is 5.52. The van der Waals surface area contributed by atoms with Gasteiger partial charge in [-0.1, -0.05) is 0 Å². The van der Waals surface area contributed by atoms with Crippen molar-refractivity contribution in [2.24, 2.45) is 0 Å². The quantitative estimate of drug-likeness (QED) is 0.856. The normalized spacial score (nSPS) is 9.89. The van der Waals surface area contributed by atoms with Gasteiger partial charge in [-0.3, -0.25) is 0 Å². The number of ether oxygens (including phenoxy) is 2. The molecule has 1 heterocycles. The molecule has 0 aliphatic heterocycles. The molecule has 0 unspecified atom stereocenters. The van der Waals surface area contributed by atoms with Gasteiger partial charge >= 0.3 is 0 Å². The Kier molecular flexibility index (Phi) is 3.47. The third-order valence-electron chi connectivity index (χ3n) is 2.28. The predicted molar refractivity (Wildman–Crippen MR) is 69.3 cm³/mol. The van der Waals surface area contributed by atoms with Crippen molar-refractivity contribution in [3.05, 3.63) is 30.6 Å². The molecule has 1 aromatic carbocycles. The second-order valence-corrected chi connectivity index (χ2v) is 3.57. The summed E-state index contributed by atoms with van der Waals surface area (Å²) in [6.45, 7) is 0. The minimum absolute atomic E-state index is 0.458. The number of rotatable bonds is 4. The molecular formula is C12H14N4O2. The zero-order valence-electron chi connectivity index (χ0n) is 10.2. The van der Waals surface area contributed by atoms with Crippen molar-refractivity contribution in [1.29, 1.82) is 0 Å². The van der Waals surface area contributed by atoms with Gasteiger partial charge in [0.25, 0.3) is 0 Å². The number of anilines is 3. The first-order chi connectivity index (χ1) is 8.71. The van der Waals surface area contributed by atoms with Gasteiger partial charge in [-0.05, 0) is 0 Å². The molecule has 2 rings (SSSR count). The second kappa shape index (κ2) is 5.22. The number of nitrogen functional groups attached to an aromatic ring is 1. The fraction of sp³-hybridized carbons (Fsp3) is 0.167. The first kappa shape index (κ1) is 12.0. The van der Waals surface area contributed by atoms with E-state index in [-0.39, 0.29) is 0 Å². The molecule has 1 aromatic heterocycles. The maximum Gasteiger partial charge on any atom is 0.227 e. The van der Waals surface area contributed by atoms with Gasteiger partial charge in [0.05, 0.1) is 32.3 Å². The van der Waals surface area contributed by atoms with Crippen LogP contribution in [0.3, 0.4) is 0 Å². The first-order valence-corrected chi connectivity index (χ1v) is 5.29. The molecule has 18 heavy (non-hydrogen) atoms. The molecule has 0 amide bonds. The monoisotopic (exact) mass is 246 g/mol. The van der Waals surface area contributed by atoms with Crippen LogP contribution < -0.4 is 20.5 Å². The average molecular weight is 246 g/mol. The molecule has 0 spiro atoms. The summed E-state index contributed by atoms with van der Waals surface area (Å²) < 4.78 is 10.3. The van der Waals surface area contributed by atoms with E-state index in [0.717, 1.165) is 5.69 Å². The lowest BCUT2D eigenvalue weighted by atomic mass is 10.3. The Morgan fingerprint density at radius 2 is 1.56 bits per heavy atom. The van der Waals surface area contributed by atoms with Crippen molar-refractivity contribution in [2.75, 3.05) is 25.3 Å². The van der Waals surface area contributed by atoms with Crippen molar-refractivity contribution in [2.45, 2.75) is 0 Å². The Balaban J connectivity index is 2.25. The number of hydrogen-bond donors (Lipinski definition) is 2. The summed E-state index contributed by atoms with van der Waals surface area (Å²) in [6.07, 6.45) is 3.07. The van der Waals surface area contributed by atoms with Crippen molar-refractivity contribution in [3.8, 4) is 11.5 Å². The van der Waals surface area contributed by atoms with Crippen LogP contribution in [-0.4, -0.2) is 24.2 Å². The molecule has 3 N–H and O–H groups in total. The van der Waals surface area contributed by atoms with Gasteiger partial charge in [0, 0.05) is 23.9 Å². The number of nitrogens with one attached hydrogen (secondary N) is 1. The topological polar surface area (TPSA) is 82.3 Å². The molecule has 0 fully saturated rings. The van der Waals surface area contributed by atoms with Crippen molar-refractivity contribution >= 4 is 17.3 Å². The van der Waals surface area contributed by atoms with Crippen molar-refractivity contribution in [3.63, 3.8) is 0 Å². The van der Waals surface area contributed by atoms with Crippen LogP contribution in [0, 0.1) is 0 Å². The molecule has 0 atom stereocenters. The lowest BCUT2D eigenvalue weighted by Crippen LogP contribution is -1.99. The molecule has 0 bridgehead atoms. The summed E-state index contributed by atoms with van der Waals surface area (Å²) in [5, 5.41) is 3.04. The third-order valence-corrected chi connectivity index (χ3v) is 2.28. The van der Waals surface area contributed by atoms with Crippen LogP contribution in [0.1, 0.15) is 0 Å². The molecule has 0 saturated heterocycles. The first-order valence-electron chi connectivity index (χ1n) is 5.29. The summed E-state index contributed by atoms with van der Waals surface area (Å²) in [5.41, 5.74) is 6.81. The highest BCUT2D eigenvalue weighted by molar-refractivity contribution is 5.59. The summed E-state index contributed by atoms with van der Waals surface area (Å²) in [4.78, 5) is 8.11. The third kappa shape index (κ3) is 2.79. The highest BCUT2D eigenvalue weighted by atomic mass is 16.5. The largest absolute Gasteiger partial charge is 0.497 e. The Bertz CT molecular complexity index is 506. The van der Waals surface area contributed by atoms with Gasteiger partial charge in [0.1, 0.15) is 11.5 Å². The zero-order chi connectivity index (χ0) is 13.0. The number of methoxy groups -OCH3 is 2. The van der Waals surface area contributed by atoms with E-state index in [1.807, 2.05) is 12.1 Å². The highest BCUT2D eigenvalue weighted by Crippen LogP contribution is 2.27.